The van der Waals surface area contributed by atoms with Gasteiger partial charge in [0.15, 0.2) is 0 Å². The van der Waals surface area contributed by atoms with Crippen LogP contribution < -0.4 is 16.0 Å². The van der Waals surface area contributed by atoms with Crippen LogP contribution in [0.4, 0.5) is 5.00 Å². The third-order valence-corrected chi connectivity index (χ3v) is 5.54. The smallest absolute Gasteiger partial charge is 0.337 e. The van der Waals surface area contributed by atoms with Crippen LogP contribution in [0.3, 0.4) is 0 Å². The van der Waals surface area contributed by atoms with Crippen molar-refractivity contribution in [1.82, 2.24) is 0 Å². The van der Waals surface area contributed by atoms with E-state index in [-0.39, 0.29) is 5.91 Å². The van der Waals surface area contributed by atoms with E-state index in [9.17, 15) is 14.4 Å². The molecule has 7 nitrogen and oxygen atoms in total. The molecule has 1 unspecified atom stereocenters. The van der Waals surface area contributed by atoms with Gasteiger partial charge in [-0.25, -0.2) is 4.79 Å². The fraction of sp³-hybridized carbons (Fsp3) is 0.278. The van der Waals surface area contributed by atoms with E-state index in [2.05, 4.69) is 17.1 Å². The third-order valence-electron chi connectivity index (χ3n) is 4.40. The number of anilines is 1. The lowest BCUT2D eigenvalue weighted by molar-refractivity contribution is -0.895. The number of carbonyl (C=O) groups is 3. The number of thiophene rings is 1. The van der Waals surface area contributed by atoms with E-state index in [0.717, 1.165) is 30.0 Å². The molecule has 26 heavy (non-hydrogen) atoms. The van der Waals surface area contributed by atoms with Crippen molar-refractivity contribution in [3.05, 3.63) is 51.4 Å². The average molecular weight is 374 g/mol. The lowest BCUT2D eigenvalue weighted by Gasteiger charge is -2.19. The topological polar surface area (TPSA) is 103 Å². The van der Waals surface area contributed by atoms with Gasteiger partial charge in [-0.15, -0.1) is 11.3 Å². The summed E-state index contributed by atoms with van der Waals surface area (Å²) in [5, 5.41) is 3.28. The predicted molar refractivity (Wildman–Crippen MR) is 97.7 cm³/mol. The lowest BCUT2D eigenvalue weighted by Crippen LogP contribution is -3.08. The highest BCUT2D eigenvalue weighted by Crippen LogP contribution is 2.34. The molecule has 2 heterocycles. The number of hydrogen-bond acceptors (Lipinski definition) is 5. The summed E-state index contributed by atoms with van der Waals surface area (Å²) in [6, 6.07) is 6.12. The second-order valence-corrected chi connectivity index (χ2v) is 7.33. The Morgan fingerprint density at radius 1 is 1.19 bits per heavy atom. The van der Waals surface area contributed by atoms with Crippen molar-refractivity contribution >= 4 is 34.1 Å². The number of quaternary nitrogens is 1. The highest BCUT2D eigenvalue weighted by atomic mass is 32.1. The first-order valence-corrected chi connectivity index (χ1v) is 8.97. The summed E-state index contributed by atoms with van der Waals surface area (Å²) in [7, 11) is 3.39. The maximum Gasteiger partial charge on any atom is 0.337 e. The van der Waals surface area contributed by atoms with E-state index in [1.807, 2.05) is 0 Å². The summed E-state index contributed by atoms with van der Waals surface area (Å²) < 4.78 is 4.64. The molecule has 1 atom stereocenters. The first-order chi connectivity index (χ1) is 12.4. The number of esters is 1. The number of amides is 2. The Bertz CT molecular complexity index is 873. The van der Waals surface area contributed by atoms with Gasteiger partial charge in [0.2, 0.25) is 0 Å². The molecule has 1 aromatic heterocycles. The molecule has 1 aliphatic rings. The number of likely N-dealkylation sites (N-methyl/N-ethyl adjacent to an activating group) is 1. The molecule has 0 bridgehead atoms. The Hall–Kier alpha value is -2.71. The van der Waals surface area contributed by atoms with Crippen molar-refractivity contribution in [2.45, 2.75) is 13.0 Å². The molecule has 0 radical (unpaired) electrons. The van der Waals surface area contributed by atoms with Crippen LogP contribution in [0.2, 0.25) is 0 Å². The molecule has 8 heteroatoms. The minimum atomic E-state index is -0.529. The molecule has 1 aliphatic heterocycles. The molecule has 3 rings (SSSR count). The third kappa shape index (κ3) is 3.47. The number of rotatable bonds is 4. The number of primary amides is 1. The second kappa shape index (κ2) is 7.27. The zero-order chi connectivity index (χ0) is 18.8. The molecule has 0 saturated heterocycles. The highest BCUT2D eigenvalue weighted by Gasteiger charge is 2.28. The van der Waals surface area contributed by atoms with E-state index in [0.29, 0.717) is 21.7 Å². The maximum absolute atomic E-state index is 12.5. The molecule has 4 N–H and O–H groups in total. The Labute approximate surface area is 154 Å². The van der Waals surface area contributed by atoms with Gasteiger partial charge < -0.3 is 20.7 Å². The van der Waals surface area contributed by atoms with Crippen LogP contribution in [-0.4, -0.2) is 38.5 Å². The van der Waals surface area contributed by atoms with Crippen molar-refractivity contribution in [3.63, 3.8) is 0 Å². The Balaban J connectivity index is 1.85. The van der Waals surface area contributed by atoms with Gasteiger partial charge in [0.1, 0.15) is 11.5 Å². The van der Waals surface area contributed by atoms with Crippen LogP contribution in [0.5, 0.6) is 0 Å². The molecular weight excluding hydrogens is 354 g/mol. The zero-order valence-corrected chi connectivity index (χ0v) is 15.4. The number of fused-ring (bicyclic) bond motifs is 1. The van der Waals surface area contributed by atoms with Gasteiger partial charge in [-0.1, -0.05) is 0 Å². The number of hydrogen-bond donors (Lipinski definition) is 3. The number of ether oxygens (including phenoxy) is 1. The number of methoxy groups -OCH3 is 1. The quantitative estimate of drug-likeness (QED) is 0.677. The van der Waals surface area contributed by atoms with Gasteiger partial charge in [0.05, 0.1) is 36.7 Å². The fourth-order valence-electron chi connectivity index (χ4n) is 3.02. The summed E-state index contributed by atoms with van der Waals surface area (Å²) >= 11 is 1.40. The van der Waals surface area contributed by atoms with Gasteiger partial charge in [-0.2, -0.15) is 0 Å². The Morgan fingerprint density at radius 3 is 2.46 bits per heavy atom. The van der Waals surface area contributed by atoms with Crippen molar-refractivity contribution in [2.24, 2.45) is 5.73 Å². The Morgan fingerprint density at radius 2 is 1.85 bits per heavy atom. The minimum absolute atomic E-state index is 0.358. The first kappa shape index (κ1) is 18.1. The van der Waals surface area contributed by atoms with Crippen molar-refractivity contribution in [2.75, 3.05) is 26.0 Å². The number of benzene rings is 1. The van der Waals surface area contributed by atoms with E-state index >= 15 is 0 Å². The van der Waals surface area contributed by atoms with Gasteiger partial charge in [-0.3, -0.25) is 9.59 Å². The molecule has 0 fully saturated rings. The maximum atomic E-state index is 12.5. The summed E-state index contributed by atoms with van der Waals surface area (Å²) in [6.45, 7) is 1.73. The highest BCUT2D eigenvalue weighted by molar-refractivity contribution is 7.17. The molecule has 1 aromatic carbocycles. The van der Waals surface area contributed by atoms with Gasteiger partial charge in [-0.05, 0) is 29.8 Å². The van der Waals surface area contributed by atoms with Gasteiger partial charge >= 0.3 is 5.97 Å². The van der Waals surface area contributed by atoms with Crippen molar-refractivity contribution in [1.29, 1.82) is 0 Å². The first-order valence-electron chi connectivity index (χ1n) is 8.16. The van der Waals surface area contributed by atoms with Gasteiger partial charge in [0.25, 0.3) is 11.8 Å². The monoisotopic (exact) mass is 374 g/mol. The number of nitrogens with two attached hydrogens (primary N) is 1. The minimum Gasteiger partial charge on any atom is -0.465 e. The number of carbonyl (C=O) groups excluding carboxylic acids is 3. The summed E-state index contributed by atoms with van der Waals surface area (Å²) in [5.74, 6) is -1.35. The van der Waals surface area contributed by atoms with Crippen LogP contribution in [0.1, 0.15) is 41.5 Å². The normalized spacial score (nSPS) is 15.8. The molecule has 0 saturated carbocycles. The second-order valence-electron chi connectivity index (χ2n) is 6.23. The zero-order valence-electron chi connectivity index (χ0n) is 14.5. The summed E-state index contributed by atoms with van der Waals surface area (Å²) in [6.07, 6.45) is 0.764. The lowest BCUT2D eigenvalue weighted by atomic mass is 10.0. The molecule has 0 spiro atoms. The summed E-state index contributed by atoms with van der Waals surface area (Å²) in [4.78, 5) is 38.4. The molecule has 136 valence electrons. The number of nitrogens with one attached hydrogen (secondary N) is 2. The van der Waals surface area contributed by atoms with Gasteiger partial charge in [0, 0.05) is 12.0 Å². The molecular formula is C18H20N3O4S+. The standard InChI is InChI=1S/C18H19N3O4S/c1-21-8-7-12-13(9-21)26-17(14(12)15(19)22)20-16(23)10-3-5-11(6-4-10)18(24)25-2/h3-6H,7-9H2,1-2H3,(H2,19,22)(H,20,23)/p+1. The van der Waals surface area contributed by atoms with Crippen LogP contribution in [0.25, 0.3) is 0 Å². The predicted octanol–water partition coefficient (Wildman–Crippen LogP) is 0.457. The van der Waals surface area contributed by atoms with E-state index in [1.54, 1.807) is 0 Å². The van der Waals surface area contributed by atoms with E-state index in [1.165, 1.54) is 47.6 Å². The van der Waals surface area contributed by atoms with Crippen molar-refractivity contribution < 1.29 is 24.0 Å². The average Bonchev–Trinajstić information content (AvgIpc) is 2.98. The van der Waals surface area contributed by atoms with Crippen LogP contribution in [0, 0.1) is 0 Å². The SMILES string of the molecule is COC(=O)c1ccc(C(=O)Nc2sc3c(c2C(N)=O)CC[NH+](C)C3)cc1. The molecule has 2 aromatic rings. The van der Waals surface area contributed by atoms with E-state index < -0.39 is 11.9 Å². The van der Waals surface area contributed by atoms with Crippen LogP contribution >= 0.6 is 11.3 Å². The summed E-state index contributed by atoms with van der Waals surface area (Å²) in [5.41, 5.74) is 7.66. The molecule has 0 aliphatic carbocycles. The molecule has 2 amide bonds. The van der Waals surface area contributed by atoms with Crippen LogP contribution in [0.15, 0.2) is 24.3 Å². The largest absolute Gasteiger partial charge is 0.465 e. The van der Waals surface area contributed by atoms with E-state index in [4.69, 9.17) is 5.73 Å². The fourth-order valence-corrected chi connectivity index (χ4v) is 4.38. The van der Waals surface area contributed by atoms with Crippen molar-refractivity contribution in [3.8, 4) is 0 Å². The van der Waals surface area contributed by atoms with Crippen LogP contribution in [-0.2, 0) is 17.7 Å². The Kier molecular flexibility index (Phi) is 5.06.